The van der Waals surface area contributed by atoms with E-state index >= 15 is 0 Å². The monoisotopic (exact) mass is 875 g/mol. The van der Waals surface area contributed by atoms with Crippen LogP contribution in [0.4, 0.5) is 0 Å². The number of carboxylic acid groups (broad SMARTS) is 2. The summed E-state index contributed by atoms with van der Waals surface area (Å²) < 4.78 is 0. The smallest absolute Gasteiger partial charge is 0.326 e. The summed E-state index contributed by atoms with van der Waals surface area (Å²) in [6, 6.07) is -7.97. The second-order valence-electron chi connectivity index (χ2n) is 14.4. The number of hydrogen-bond acceptors (Lipinski definition) is 14. The van der Waals surface area contributed by atoms with Gasteiger partial charge in [-0.2, -0.15) is 0 Å². The first-order valence-electron chi connectivity index (χ1n) is 20.4. The second-order valence-corrected chi connectivity index (χ2v) is 14.4. The third-order valence-electron chi connectivity index (χ3n) is 9.07. The van der Waals surface area contributed by atoms with Gasteiger partial charge < -0.3 is 67.9 Å². The van der Waals surface area contributed by atoms with E-state index < -0.39 is 129 Å². The summed E-state index contributed by atoms with van der Waals surface area (Å²) in [6.45, 7) is -3.88. The summed E-state index contributed by atoms with van der Waals surface area (Å²) >= 11 is 0. The molecule has 0 bridgehead atoms. The van der Waals surface area contributed by atoms with Crippen molar-refractivity contribution < 1.29 is 78.6 Å². The van der Waals surface area contributed by atoms with Gasteiger partial charge in [-0.05, 0) is 26.2 Å². The minimum Gasteiger partial charge on any atom is -0.481 e. The zero-order valence-corrected chi connectivity index (χ0v) is 34.7. The number of aliphatic hydroxyl groups excluding tert-OH is 4. The third kappa shape index (κ3) is 27.3. The van der Waals surface area contributed by atoms with Crippen LogP contribution in [0, 0.1) is 0 Å². The van der Waals surface area contributed by atoms with Crippen molar-refractivity contribution in [1.29, 1.82) is 0 Å². The zero-order chi connectivity index (χ0) is 46.2. The Labute approximate surface area is 353 Å². The van der Waals surface area contributed by atoms with Gasteiger partial charge in [-0.15, -0.1) is 0 Å². The van der Waals surface area contributed by atoms with Gasteiger partial charge >= 0.3 is 11.9 Å². The number of carbonyl (C=O) groups is 10. The van der Waals surface area contributed by atoms with Crippen molar-refractivity contribution in [2.45, 2.75) is 140 Å². The summed E-state index contributed by atoms with van der Waals surface area (Å²) in [5.74, 6) is -9.26. The lowest BCUT2D eigenvalue weighted by Gasteiger charge is -2.22. The minimum absolute atomic E-state index is 0.0904. The number of rotatable bonds is 36. The lowest BCUT2D eigenvalue weighted by molar-refractivity contribution is -0.142. The van der Waals surface area contributed by atoms with E-state index in [0.29, 0.717) is 12.8 Å². The highest BCUT2D eigenvalue weighted by atomic mass is 16.4. The van der Waals surface area contributed by atoms with E-state index in [2.05, 4.69) is 37.2 Å². The standard InChI is InChI=1S/C38H65N7O16/c1-24(50)18-39-34(56)26(20-46)44-37(59)29(23-49)43-32(53)19-40-35(57)27(21-47)45-36(58)28(22-48)42-31(52)17-16-25(38(60)61)41-30(51)14-12-10-8-6-4-2-3-5-7-9-11-13-15-33(54)55/h25-29,46-49H,2-23H2,1H3,(H,39,56)(H,40,57)(H,41,51)(H,42,52)(H,43,53)(H,44,59)(H,45,58)(H,54,55)(H,60,61)/t25-,26-,27-,28-,29-/m0/s1. The Morgan fingerprint density at radius 1 is 0.393 bits per heavy atom. The number of hydrogen-bond donors (Lipinski definition) is 13. The number of Topliss-reactive ketones (excluding diaryl/α,β-unsaturated/α-hetero) is 1. The normalized spacial score (nSPS) is 13.3. The molecule has 13 N–H and O–H groups in total. The second kappa shape index (κ2) is 33.5. The van der Waals surface area contributed by atoms with Crippen LogP contribution >= 0.6 is 0 Å². The number of carboxylic acids is 2. The highest BCUT2D eigenvalue weighted by Gasteiger charge is 2.29. The van der Waals surface area contributed by atoms with Gasteiger partial charge in [0, 0.05) is 19.3 Å². The molecule has 61 heavy (non-hydrogen) atoms. The third-order valence-corrected chi connectivity index (χ3v) is 9.07. The molecular formula is C38H65N7O16. The van der Waals surface area contributed by atoms with E-state index in [9.17, 15) is 73.5 Å². The van der Waals surface area contributed by atoms with E-state index in [1.165, 1.54) is 6.92 Å². The summed E-state index contributed by atoms with van der Waals surface area (Å²) in [6.07, 6.45) is 10.9. The zero-order valence-electron chi connectivity index (χ0n) is 34.7. The molecule has 5 atom stereocenters. The Kier molecular flexibility index (Phi) is 30.6. The van der Waals surface area contributed by atoms with E-state index in [-0.39, 0.29) is 25.8 Å². The van der Waals surface area contributed by atoms with Crippen LogP contribution < -0.4 is 37.2 Å². The van der Waals surface area contributed by atoms with Gasteiger partial charge in [0.05, 0.1) is 39.5 Å². The molecule has 348 valence electrons. The van der Waals surface area contributed by atoms with Crippen molar-refractivity contribution in [3.05, 3.63) is 0 Å². The van der Waals surface area contributed by atoms with Gasteiger partial charge in [-0.1, -0.05) is 64.2 Å². The van der Waals surface area contributed by atoms with E-state index in [1.54, 1.807) is 0 Å². The molecule has 0 aromatic carbocycles. The van der Waals surface area contributed by atoms with Gasteiger partial charge in [0.25, 0.3) is 0 Å². The molecule has 0 aromatic heterocycles. The first kappa shape index (κ1) is 55.7. The minimum atomic E-state index is -1.71. The fraction of sp³-hybridized carbons (Fsp3) is 0.737. The molecule has 0 aliphatic rings. The molecule has 0 fully saturated rings. The van der Waals surface area contributed by atoms with Crippen molar-refractivity contribution in [2.24, 2.45) is 0 Å². The number of ketones is 1. The largest absolute Gasteiger partial charge is 0.481 e. The van der Waals surface area contributed by atoms with Crippen LogP contribution in [-0.2, 0) is 47.9 Å². The summed E-state index contributed by atoms with van der Waals surface area (Å²) in [5, 5.41) is 71.6. The Balaban J connectivity index is 4.67. The molecule has 0 aliphatic heterocycles. The van der Waals surface area contributed by atoms with Crippen molar-refractivity contribution in [3.8, 4) is 0 Å². The average molecular weight is 876 g/mol. The molecular weight excluding hydrogens is 810 g/mol. The van der Waals surface area contributed by atoms with Gasteiger partial charge in [-0.25, -0.2) is 4.79 Å². The average Bonchev–Trinajstić information content (AvgIpc) is 3.22. The number of unbranched alkanes of at least 4 members (excludes halogenated alkanes) is 11. The molecule has 0 spiro atoms. The quantitative estimate of drug-likeness (QED) is 0.0273. The van der Waals surface area contributed by atoms with Crippen LogP contribution in [0.25, 0.3) is 0 Å². The number of carbonyl (C=O) groups excluding carboxylic acids is 8. The molecule has 0 saturated carbocycles. The van der Waals surface area contributed by atoms with Gasteiger partial charge in [-0.3, -0.25) is 43.2 Å². The predicted octanol–water partition coefficient (Wildman–Crippen LogP) is -3.39. The molecule has 0 heterocycles. The highest BCUT2D eigenvalue weighted by molar-refractivity contribution is 5.96. The van der Waals surface area contributed by atoms with E-state index in [1.807, 2.05) is 0 Å². The fourth-order valence-corrected chi connectivity index (χ4v) is 5.59. The molecule has 0 unspecified atom stereocenters. The maximum absolute atomic E-state index is 12.7. The predicted molar refractivity (Wildman–Crippen MR) is 214 cm³/mol. The van der Waals surface area contributed by atoms with Crippen molar-refractivity contribution in [1.82, 2.24) is 37.2 Å². The molecule has 0 radical (unpaired) electrons. The molecule has 0 saturated heterocycles. The Morgan fingerprint density at radius 2 is 0.738 bits per heavy atom. The van der Waals surface area contributed by atoms with Crippen molar-refractivity contribution in [3.63, 3.8) is 0 Å². The number of aliphatic hydroxyl groups is 4. The van der Waals surface area contributed by atoms with Gasteiger partial charge in [0.1, 0.15) is 36.0 Å². The van der Waals surface area contributed by atoms with E-state index in [0.717, 1.165) is 64.2 Å². The van der Waals surface area contributed by atoms with Crippen LogP contribution in [0.5, 0.6) is 0 Å². The highest BCUT2D eigenvalue weighted by Crippen LogP contribution is 2.13. The van der Waals surface area contributed by atoms with Crippen LogP contribution in [0.2, 0.25) is 0 Å². The van der Waals surface area contributed by atoms with Gasteiger partial charge in [0.15, 0.2) is 0 Å². The lowest BCUT2D eigenvalue weighted by atomic mass is 10.0. The molecule has 0 rings (SSSR count). The Morgan fingerprint density at radius 3 is 1.13 bits per heavy atom. The van der Waals surface area contributed by atoms with E-state index in [4.69, 9.17) is 5.11 Å². The number of amides is 7. The Bertz CT molecular complexity index is 1430. The first-order valence-corrected chi connectivity index (χ1v) is 20.4. The molecule has 0 aliphatic carbocycles. The van der Waals surface area contributed by atoms with Crippen LogP contribution in [-0.4, -0.2) is 159 Å². The molecule has 23 heteroatoms. The summed E-state index contributed by atoms with van der Waals surface area (Å²) in [4.78, 5) is 120. The summed E-state index contributed by atoms with van der Waals surface area (Å²) in [7, 11) is 0. The molecule has 7 amide bonds. The topological polar surface area (TPSA) is 376 Å². The van der Waals surface area contributed by atoms with Crippen LogP contribution in [0.15, 0.2) is 0 Å². The summed E-state index contributed by atoms with van der Waals surface area (Å²) in [5.41, 5.74) is 0. The van der Waals surface area contributed by atoms with Crippen LogP contribution in [0.3, 0.4) is 0 Å². The first-order chi connectivity index (χ1) is 29.0. The fourth-order valence-electron chi connectivity index (χ4n) is 5.59. The molecule has 23 nitrogen and oxygen atoms in total. The van der Waals surface area contributed by atoms with Crippen LogP contribution in [0.1, 0.15) is 110 Å². The number of aliphatic carboxylic acids is 2. The SMILES string of the molecule is CC(=O)CNC(=O)[C@H](CO)NC(=O)[C@H](CO)NC(=O)CNC(=O)[C@H](CO)NC(=O)[C@H](CO)NC(=O)CC[C@H](NC(=O)CCCCCCCCCCCCCCC(=O)O)C(=O)O. The lowest BCUT2D eigenvalue weighted by Crippen LogP contribution is -2.58. The van der Waals surface area contributed by atoms with Gasteiger partial charge in [0.2, 0.25) is 41.4 Å². The maximum Gasteiger partial charge on any atom is 0.326 e. The maximum atomic E-state index is 12.7. The van der Waals surface area contributed by atoms with Crippen molar-refractivity contribution in [2.75, 3.05) is 39.5 Å². The Hall–Kier alpha value is -5.26. The molecule has 0 aromatic rings. The van der Waals surface area contributed by atoms with Crippen molar-refractivity contribution >= 4 is 59.1 Å². The number of nitrogens with one attached hydrogen (secondary N) is 7.